The zero-order chi connectivity index (χ0) is 11.5. The molecule has 1 aliphatic rings. The second kappa shape index (κ2) is 5.30. The summed E-state index contributed by atoms with van der Waals surface area (Å²) in [5.41, 5.74) is 5.88. The van der Waals surface area contributed by atoms with E-state index >= 15 is 0 Å². The van der Waals surface area contributed by atoms with E-state index in [0.717, 1.165) is 6.54 Å². The van der Waals surface area contributed by atoms with Crippen molar-refractivity contribution in [2.45, 2.75) is 38.8 Å². The number of thiophene rings is 1. The zero-order valence-corrected chi connectivity index (χ0v) is 11.0. The van der Waals surface area contributed by atoms with Gasteiger partial charge >= 0.3 is 0 Å². The molecule has 90 valence electrons. The van der Waals surface area contributed by atoms with Crippen molar-refractivity contribution in [1.29, 1.82) is 0 Å². The predicted octanol–water partition coefficient (Wildman–Crippen LogP) is 2.87. The largest absolute Gasteiger partial charge is 0.329 e. The molecule has 1 aromatic rings. The first-order valence-electron chi connectivity index (χ1n) is 6.23. The maximum atomic E-state index is 5.88. The van der Waals surface area contributed by atoms with E-state index in [0.29, 0.717) is 18.0 Å². The number of hydrogen-bond donors (Lipinski definition) is 1. The van der Waals surface area contributed by atoms with Crippen molar-refractivity contribution in [3.05, 3.63) is 22.4 Å². The van der Waals surface area contributed by atoms with Gasteiger partial charge in [0.25, 0.3) is 0 Å². The van der Waals surface area contributed by atoms with Gasteiger partial charge in [-0.3, -0.25) is 4.90 Å². The van der Waals surface area contributed by atoms with Crippen LogP contribution in [0.3, 0.4) is 0 Å². The Morgan fingerprint density at radius 2 is 2.38 bits per heavy atom. The molecule has 2 rings (SSSR count). The molecule has 2 unspecified atom stereocenters. The highest BCUT2D eigenvalue weighted by Gasteiger charge is 2.32. The average molecular weight is 238 g/mol. The highest BCUT2D eigenvalue weighted by atomic mass is 32.1. The Labute approximate surface area is 102 Å². The van der Waals surface area contributed by atoms with Crippen LogP contribution in [0.15, 0.2) is 17.5 Å². The number of nitrogens with two attached hydrogens (primary N) is 1. The molecule has 0 saturated carbocycles. The maximum Gasteiger partial charge on any atom is 0.0467 e. The van der Waals surface area contributed by atoms with E-state index in [1.54, 1.807) is 0 Å². The summed E-state index contributed by atoms with van der Waals surface area (Å²) in [7, 11) is 0. The molecule has 1 saturated heterocycles. The molecule has 0 amide bonds. The number of rotatable bonds is 4. The van der Waals surface area contributed by atoms with Crippen LogP contribution in [0.25, 0.3) is 0 Å². The van der Waals surface area contributed by atoms with Crippen LogP contribution in [0.1, 0.15) is 37.6 Å². The van der Waals surface area contributed by atoms with Crippen molar-refractivity contribution >= 4 is 11.3 Å². The molecule has 1 aliphatic heterocycles. The summed E-state index contributed by atoms with van der Waals surface area (Å²) in [5, 5.41) is 2.18. The Hall–Kier alpha value is -0.380. The summed E-state index contributed by atoms with van der Waals surface area (Å²) in [6, 6.07) is 5.58. The van der Waals surface area contributed by atoms with Gasteiger partial charge in [-0.15, -0.1) is 11.3 Å². The second-order valence-electron chi connectivity index (χ2n) is 4.97. The third kappa shape index (κ3) is 2.31. The van der Waals surface area contributed by atoms with Gasteiger partial charge in [0.15, 0.2) is 0 Å². The molecule has 0 aromatic carbocycles. The van der Waals surface area contributed by atoms with Gasteiger partial charge in [-0.1, -0.05) is 19.9 Å². The van der Waals surface area contributed by atoms with Gasteiger partial charge in [0.1, 0.15) is 0 Å². The van der Waals surface area contributed by atoms with Gasteiger partial charge < -0.3 is 5.73 Å². The van der Waals surface area contributed by atoms with Crippen LogP contribution < -0.4 is 5.73 Å². The van der Waals surface area contributed by atoms with Gasteiger partial charge in [-0.05, 0) is 36.8 Å². The van der Waals surface area contributed by atoms with Crippen LogP contribution >= 0.6 is 11.3 Å². The van der Waals surface area contributed by atoms with Crippen molar-refractivity contribution < 1.29 is 0 Å². The van der Waals surface area contributed by atoms with Crippen molar-refractivity contribution in [2.75, 3.05) is 13.1 Å². The fourth-order valence-electron chi connectivity index (χ4n) is 2.81. The van der Waals surface area contributed by atoms with E-state index in [-0.39, 0.29) is 0 Å². The number of likely N-dealkylation sites (tertiary alicyclic amines) is 1. The van der Waals surface area contributed by atoms with Crippen LogP contribution in [0.5, 0.6) is 0 Å². The third-order valence-corrected chi connectivity index (χ3v) is 4.46. The summed E-state index contributed by atoms with van der Waals surface area (Å²) >= 11 is 1.88. The molecule has 1 fully saturated rings. The minimum Gasteiger partial charge on any atom is -0.329 e. The lowest BCUT2D eigenvalue weighted by Crippen LogP contribution is -2.39. The lowest BCUT2D eigenvalue weighted by Gasteiger charge is -2.34. The second-order valence-corrected chi connectivity index (χ2v) is 5.95. The van der Waals surface area contributed by atoms with Crippen LogP contribution in [0, 0.1) is 5.92 Å². The molecule has 0 radical (unpaired) electrons. The third-order valence-electron chi connectivity index (χ3n) is 3.52. The molecule has 1 aromatic heterocycles. The van der Waals surface area contributed by atoms with Crippen molar-refractivity contribution in [1.82, 2.24) is 4.90 Å². The SMILES string of the molecule is CC(C)C(c1cccs1)N1CCCC1CN. The van der Waals surface area contributed by atoms with E-state index in [1.165, 1.54) is 24.3 Å². The minimum absolute atomic E-state index is 0.566. The minimum atomic E-state index is 0.566. The fourth-order valence-corrected chi connectivity index (χ4v) is 3.83. The van der Waals surface area contributed by atoms with E-state index in [9.17, 15) is 0 Å². The summed E-state index contributed by atoms with van der Waals surface area (Å²) in [6.07, 6.45) is 2.57. The van der Waals surface area contributed by atoms with Gasteiger partial charge in [-0.2, -0.15) is 0 Å². The first-order chi connectivity index (χ1) is 7.74. The molecule has 3 heteroatoms. The Morgan fingerprint density at radius 1 is 1.56 bits per heavy atom. The maximum absolute atomic E-state index is 5.88. The van der Waals surface area contributed by atoms with E-state index in [1.807, 2.05) is 11.3 Å². The van der Waals surface area contributed by atoms with Crippen molar-refractivity contribution in [3.8, 4) is 0 Å². The highest BCUT2D eigenvalue weighted by Crippen LogP contribution is 2.36. The highest BCUT2D eigenvalue weighted by molar-refractivity contribution is 7.10. The van der Waals surface area contributed by atoms with Crippen molar-refractivity contribution in [2.24, 2.45) is 11.7 Å². The predicted molar refractivity (Wildman–Crippen MR) is 70.7 cm³/mol. The van der Waals surface area contributed by atoms with Gasteiger partial charge in [0.05, 0.1) is 0 Å². The Bertz CT molecular complexity index is 308. The molecule has 2 atom stereocenters. The van der Waals surface area contributed by atoms with Gasteiger partial charge in [0.2, 0.25) is 0 Å². The van der Waals surface area contributed by atoms with Crippen LogP contribution in [-0.2, 0) is 0 Å². The van der Waals surface area contributed by atoms with Gasteiger partial charge in [0, 0.05) is 23.5 Å². The molecular formula is C13H22N2S. The first kappa shape index (κ1) is 12.1. The van der Waals surface area contributed by atoms with Gasteiger partial charge in [-0.25, -0.2) is 0 Å². The van der Waals surface area contributed by atoms with E-state index < -0.39 is 0 Å². The topological polar surface area (TPSA) is 29.3 Å². The van der Waals surface area contributed by atoms with Crippen LogP contribution in [0.2, 0.25) is 0 Å². The Kier molecular flexibility index (Phi) is 4.00. The molecule has 0 spiro atoms. The molecule has 0 bridgehead atoms. The van der Waals surface area contributed by atoms with Crippen LogP contribution in [0.4, 0.5) is 0 Å². The zero-order valence-electron chi connectivity index (χ0n) is 10.2. The standard InChI is InChI=1S/C13H22N2S/c1-10(2)13(12-6-4-8-16-12)15-7-3-5-11(15)9-14/h4,6,8,10-11,13H,3,5,7,9,14H2,1-2H3. The monoisotopic (exact) mass is 238 g/mol. The van der Waals surface area contributed by atoms with Crippen molar-refractivity contribution in [3.63, 3.8) is 0 Å². The number of hydrogen-bond acceptors (Lipinski definition) is 3. The lowest BCUT2D eigenvalue weighted by atomic mass is 10.00. The lowest BCUT2D eigenvalue weighted by molar-refractivity contribution is 0.146. The molecular weight excluding hydrogens is 216 g/mol. The summed E-state index contributed by atoms with van der Waals surface area (Å²) in [4.78, 5) is 4.12. The normalized spacial score (nSPS) is 24.1. The molecule has 16 heavy (non-hydrogen) atoms. The average Bonchev–Trinajstić information content (AvgIpc) is 2.88. The quantitative estimate of drug-likeness (QED) is 0.874. The Morgan fingerprint density at radius 3 is 2.94 bits per heavy atom. The number of nitrogens with zero attached hydrogens (tertiary/aromatic N) is 1. The summed E-state index contributed by atoms with van der Waals surface area (Å²) in [5.74, 6) is 0.658. The molecule has 2 heterocycles. The molecule has 2 N–H and O–H groups in total. The van der Waals surface area contributed by atoms with E-state index in [2.05, 4.69) is 36.3 Å². The smallest absolute Gasteiger partial charge is 0.0467 e. The van der Waals surface area contributed by atoms with E-state index in [4.69, 9.17) is 5.73 Å². The Balaban J connectivity index is 2.19. The molecule has 0 aliphatic carbocycles. The fraction of sp³-hybridized carbons (Fsp3) is 0.692. The van der Waals surface area contributed by atoms with Crippen LogP contribution in [-0.4, -0.2) is 24.0 Å². The summed E-state index contributed by atoms with van der Waals surface area (Å²) < 4.78 is 0. The summed E-state index contributed by atoms with van der Waals surface area (Å²) in [6.45, 7) is 6.64. The molecule has 2 nitrogen and oxygen atoms in total. The first-order valence-corrected chi connectivity index (χ1v) is 7.11.